The molecule has 1 aromatic carbocycles. The van der Waals surface area contributed by atoms with Crippen molar-refractivity contribution < 1.29 is 21.6 Å². The highest BCUT2D eigenvalue weighted by atomic mass is 32.2. The summed E-state index contributed by atoms with van der Waals surface area (Å²) in [6.45, 7) is 2.28. The van der Waals surface area contributed by atoms with Crippen molar-refractivity contribution in [3.8, 4) is 5.75 Å². The summed E-state index contributed by atoms with van der Waals surface area (Å²) in [5.41, 5.74) is 0. The van der Waals surface area contributed by atoms with Crippen molar-refractivity contribution in [3.05, 3.63) is 42.6 Å². The molecule has 8 nitrogen and oxygen atoms in total. The van der Waals surface area contributed by atoms with E-state index in [-0.39, 0.29) is 9.79 Å². The molecule has 2 heterocycles. The van der Waals surface area contributed by atoms with Gasteiger partial charge in [-0.2, -0.15) is 4.31 Å². The van der Waals surface area contributed by atoms with E-state index in [0.29, 0.717) is 37.8 Å². The second-order valence-electron chi connectivity index (χ2n) is 7.33. The van der Waals surface area contributed by atoms with Crippen LogP contribution in [-0.2, 0) is 19.9 Å². The molecule has 0 amide bonds. The van der Waals surface area contributed by atoms with Crippen molar-refractivity contribution in [1.82, 2.24) is 9.29 Å². The van der Waals surface area contributed by atoms with Crippen molar-refractivity contribution in [3.63, 3.8) is 0 Å². The minimum atomic E-state index is -3.45. The van der Waals surface area contributed by atoms with Gasteiger partial charge in [0.15, 0.2) is 9.84 Å². The lowest BCUT2D eigenvalue weighted by molar-refractivity contribution is 0.312. The number of sulfonamides is 1. The highest BCUT2D eigenvalue weighted by Crippen LogP contribution is 2.22. The number of ether oxygens (including phenoxy) is 1. The van der Waals surface area contributed by atoms with Crippen molar-refractivity contribution in [2.75, 3.05) is 44.4 Å². The van der Waals surface area contributed by atoms with Crippen LogP contribution >= 0.6 is 0 Å². The summed E-state index contributed by atoms with van der Waals surface area (Å²) >= 11 is 0. The zero-order chi connectivity index (χ0) is 21.8. The zero-order valence-electron chi connectivity index (χ0n) is 17.2. The van der Waals surface area contributed by atoms with Crippen LogP contribution in [0.5, 0.6) is 5.75 Å². The molecule has 2 aromatic rings. The molecule has 1 fully saturated rings. The van der Waals surface area contributed by atoms with E-state index in [2.05, 4.69) is 4.98 Å². The summed E-state index contributed by atoms with van der Waals surface area (Å²) in [7, 11) is -4.78. The Hall–Kier alpha value is -2.17. The lowest BCUT2D eigenvalue weighted by atomic mass is 10.3. The van der Waals surface area contributed by atoms with Crippen LogP contribution in [0.4, 0.5) is 5.82 Å². The molecule has 0 N–H and O–H groups in total. The van der Waals surface area contributed by atoms with Crippen LogP contribution in [0.2, 0.25) is 0 Å². The maximum atomic E-state index is 12.6. The molecule has 30 heavy (non-hydrogen) atoms. The molecule has 0 spiro atoms. The Morgan fingerprint density at radius 2 is 1.63 bits per heavy atom. The number of hydrogen-bond acceptors (Lipinski definition) is 7. The number of pyridine rings is 1. The third-order valence-corrected chi connectivity index (χ3v) is 7.98. The average molecular weight is 454 g/mol. The maximum absolute atomic E-state index is 12.6. The molecule has 10 heteroatoms. The lowest BCUT2D eigenvalue weighted by Gasteiger charge is -2.19. The highest BCUT2D eigenvalue weighted by Gasteiger charge is 2.27. The fourth-order valence-corrected chi connectivity index (χ4v) is 5.31. The lowest BCUT2D eigenvalue weighted by Crippen LogP contribution is -2.28. The number of sulfone groups is 1. The van der Waals surface area contributed by atoms with Gasteiger partial charge in [-0.05, 0) is 55.7 Å². The summed E-state index contributed by atoms with van der Waals surface area (Å²) < 4.78 is 55.2. The first-order valence-corrected chi connectivity index (χ1v) is 13.1. The highest BCUT2D eigenvalue weighted by molar-refractivity contribution is 7.90. The van der Waals surface area contributed by atoms with E-state index in [1.54, 1.807) is 24.3 Å². The van der Waals surface area contributed by atoms with Gasteiger partial charge in [-0.3, -0.25) is 0 Å². The predicted octanol–water partition coefficient (Wildman–Crippen LogP) is 2.17. The number of nitrogens with zero attached hydrogens (tertiary/aromatic N) is 3. The number of rotatable bonds is 9. The molecular weight excluding hydrogens is 426 g/mol. The minimum Gasteiger partial charge on any atom is -0.494 e. The second kappa shape index (κ2) is 9.32. The van der Waals surface area contributed by atoms with Gasteiger partial charge in [0.25, 0.3) is 0 Å². The van der Waals surface area contributed by atoms with Gasteiger partial charge >= 0.3 is 0 Å². The summed E-state index contributed by atoms with van der Waals surface area (Å²) in [6, 6.07) is 9.65. The number of anilines is 1. The SMILES string of the molecule is CN(CCCOc1ccc(S(C)(=O)=O)cc1)c1ccc(S(=O)(=O)N2CCCC2)cn1. The molecule has 0 unspecified atom stereocenters. The van der Waals surface area contributed by atoms with Crippen LogP contribution in [0, 0.1) is 0 Å². The molecule has 3 rings (SSSR count). The smallest absolute Gasteiger partial charge is 0.244 e. The van der Waals surface area contributed by atoms with E-state index in [1.165, 1.54) is 28.9 Å². The van der Waals surface area contributed by atoms with E-state index in [1.807, 2.05) is 11.9 Å². The predicted molar refractivity (Wildman–Crippen MR) is 115 cm³/mol. The van der Waals surface area contributed by atoms with Gasteiger partial charge in [0.2, 0.25) is 10.0 Å². The van der Waals surface area contributed by atoms with Crippen LogP contribution < -0.4 is 9.64 Å². The Bertz CT molecular complexity index is 1050. The van der Waals surface area contributed by atoms with E-state index in [0.717, 1.165) is 19.3 Å². The topological polar surface area (TPSA) is 96.9 Å². The van der Waals surface area contributed by atoms with Gasteiger partial charge in [0.1, 0.15) is 16.5 Å². The van der Waals surface area contributed by atoms with E-state index >= 15 is 0 Å². The summed E-state index contributed by atoms with van der Waals surface area (Å²) in [5, 5.41) is 0. The monoisotopic (exact) mass is 453 g/mol. The van der Waals surface area contributed by atoms with E-state index < -0.39 is 19.9 Å². The summed E-state index contributed by atoms with van der Waals surface area (Å²) in [5.74, 6) is 1.30. The van der Waals surface area contributed by atoms with Crippen molar-refractivity contribution in [2.45, 2.75) is 29.1 Å². The van der Waals surface area contributed by atoms with E-state index in [9.17, 15) is 16.8 Å². The van der Waals surface area contributed by atoms with Crippen molar-refractivity contribution >= 4 is 25.7 Å². The molecule has 0 saturated carbocycles. The number of hydrogen-bond donors (Lipinski definition) is 0. The van der Waals surface area contributed by atoms with Crippen LogP contribution in [0.1, 0.15) is 19.3 Å². The fraction of sp³-hybridized carbons (Fsp3) is 0.450. The van der Waals surface area contributed by atoms with Crippen LogP contribution in [0.15, 0.2) is 52.4 Å². The average Bonchev–Trinajstić information content (AvgIpc) is 3.27. The Morgan fingerprint density at radius 1 is 1.00 bits per heavy atom. The van der Waals surface area contributed by atoms with Gasteiger partial charge in [-0.25, -0.2) is 21.8 Å². The van der Waals surface area contributed by atoms with Crippen LogP contribution in [0.3, 0.4) is 0 Å². The summed E-state index contributed by atoms with van der Waals surface area (Å²) in [6.07, 6.45) is 5.11. The first kappa shape index (κ1) is 22.5. The van der Waals surface area contributed by atoms with Gasteiger partial charge < -0.3 is 9.64 Å². The molecule has 1 aromatic heterocycles. The van der Waals surface area contributed by atoms with E-state index in [4.69, 9.17) is 4.74 Å². The Labute approximate surface area is 178 Å². The molecule has 1 aliphatic heterocycles. The molecule has 164 valence electrons. The molecule has 0 aliphatic carbocycles. The zero-order valence-corrected chi connectivity index (χ0v) is 18.8. The summed E-state index contributed by atoms with van der Waals surface area (Å²) in [4.78, 5) is 6.73. The Kier molecular flexibility index (Phi) is 6.99. The normalized spacial score (nSPS) is 15.3. The largest absolute Gasteiger partial charge is 0.494 e. The molecule has 0 radical (unpaired) electrons. The van der Waals surface area contributed by atoms with Crippen LogP contribution in [0.25, 0.3) is 0 Å². The third kappa shape index (κ3) is 5.50. The van der Waals surface area contributed by atoms with Gasteiger partial charge in [-0.15, -0.1) is 0 Å². The van der Waals surface area contributed by atoms with Crippen LogP contribution in [-0.4, -0.2) is 65.7 Å². The number of aromatic nitrogens is 1. The fourth-order valence-electron chi connectivity index (χ4n) is 3.22. The molecule has 0 atom stereocenters. The van der Waals surface area contributed by atoms with Gasteiger partial charge in [-0.1, -0.05) is 0 Å². The molecular formula is C20H27N3O5S2. The standard InChI is InChI=1S/C20H27N3O5S2/c1-22(12-5-15-28-17-6-8-18(9-7-17)29(2,24)25)20-11-10-19(16-21-20)30(26,27)23-13-3-4-14-23/h6-11,16H,3-5,12-15H2,1-2H3. The number of benzene rings is 1. The minimum absolute atomic E-state index is 0.224. The van der Waals surface area contributed by atoms with Gasteiger partial charge in [0.05, 0.1) is 11.5 Å². The third-order valence-electron chi connectivity index (χ3n) is 4.97. The van der Waals surface area contributed by atoms with Crippen molar-refractivity contribution in [1.29, 1.82) is 0 Å². The second-order valence-corrected chi connectivity index (χ2v) is 11.3. The molecule has 1 saturated heterocycles. The quantitative estimate of drug-likeness (QED) is 0.537. The van der Waals surface area contributed by atoms with Gasteiger partial charge in [0, 0.05) is 39.1 Å². The van der Waals surface area contributed by atoms with Crippen molar-refractivity contribution in [2.24, 2.45) is 0 Å². The Balaban J connectivity index is 1.48. The first-order chi connectivity index (χ1) is 14.2. The molecule has 0 bridgehead atoms. The Morgan fingerprint density at radius 3 is 2.20 bits per heavy atom. The maximum Gasteiger partial charge on any atom is 0.244 e. The first-order valence-electron chi connectivity index (χ1n) is 9.78. The molecule has 1 aliphatic rings.